The van der Waals surface area contributed by atoms with Crippen LogP contribution in [0.2, 0.25) is 5.02 Å². The summed E-state index contributed by atoms with van der Waals surface area (Å²) in [6, 6.07) is 6.05. The van der Waals surface area contributed by atoms with Crippen molar-refractivity contribution >= 4 is 33.2 Å². The Labute approximate surface area is 116 Å². The Morgan fingerprint density at radius 2 is 2.35 bits per heavy atom. The zero-order valence-electron chi connectivity index (χ0n) is 10.0. The highest BCUT2D eigenvalue weighted by Crippen LogP contribution is 2.32. The third-order valence-corrected chi connectivity index (χ3v) is 4.03. The van der Waals surface area contributed by atoms with Gasteiger partial charge in [0, 0.05) is 17.6 Å². The van der Waals surface area contributed by atoms with Gasteiger partial charge in [0.05, 0.1) is 10.7 Å². The first-order valence-corrected chi connectivity index (χ1v) is 7.28. The fourth-order valence-electron chi connectivity index (χ4n) is 2.29. The van der Waals surface area contributed by atoms with E-state index in [2.05, 4.69) is 39.1 Å². The van der Waals surface area contributed by atoms with Crippen LogP contribution in [0.1, 0.15) is 13.3 Å². The summed E-state index contributed by atoms with van der Waals surface area (Å²) in [6.07, 6.45) is 1.25. The Hall–Kier alpha value is -0.250. The van der Waals surface area contributed by atoms with Gasteiger partial charge in [-0.1, -0.05) is 34.5 Å². The van der Waals surface area contributed by atoms with E-state index in [1.807, 2.05) is 12.1 Å². The topological polar surface area (TPSA) is 15.3 Å². The largest absolute Gasteiger partial charge is 0.370 e. The molecule has 1 N–H and O–H groups in total. The Kier molecular flexibility index (Phi) is 4.71. The molecule has 1 aromatic rings. The Morgan fingerprint density at radius 1 is 1.53 bits per heavy atom. The number of anilines is 1. The second-order valence-electron chi connectivity index (χ2n) is 4.50. The predicted octanol–water partition coefficient (Wildman–Crippen LogP) is 3.54. The minimum atomic E-state index is 0.741. The Morgan fingerprint density at radius 3 is 3.12 bits per heavy atom. The summed E-state index contributed by atoms with van der Waals surface area (Å²) in [4.78, 5) is 2.38. The molecule has 1 aliphatic heterocycles. The van der Waals surface area contributed by atoms with Crippen LogP contribution in [-0.2, 0) is 0 Å². The minimum Gasteiger partial charge on any atom is -0.370 e. The SMILES string of the molecule is CCNCC1CCN(c2cc(Br)ccc2Cl)C1. The van der Waals surface area contributed by atoms with Crippen molar-refractivity contribution in [1.82, 2.24) is 5.32 Å². The molecule has 2 rings (SSSR count). The van der Waals surface area contributed by atoms with Gasteiger partial charge in [-0.05, 0) is 43.6 Å². The van der Waals surface area contributed by atoms with Gasteiger partial charge in [0.15, 0.2) is 0 Å². The van der Waals surface area contributed by atoms with E-state index in [4.69, 9.17) is 11.6 Å². The number of benzene rings is 1. The lowest BCUT2D eigenvalue weighted by Gasteiger charge is -2.20. The summed E-state index contributed by atoms with van der Waals surface area (Å²) in [5.74, 6) is 0.741. The van der Waals surface area contributed by atoms with Gasteiger partial charge in [-0.2, -0.15) is 0 Å². The second kappa shape index (κ2) is 6.07. The van der Waals surface area contributed by atoms with E-state index in [1.165, 1.54) is 6.42 Å². The number of nitrogens with zero attached hydrogens (tertiary/aromatic N) is 1. The maximum atomic E-state index is 6.25. The standard InChI is InChI=1S/C13H18BrClN2/c1-2-16-8-10-5-6-17(9-10)13-7-11(14)3-4-12(13)15/h3-4,7,10,16H,2,5-6,8-9H2,1H3. The van der Waals surface area contributed by atoms with E-state index >= 15 is 0 Å². The van der Waals surface area contributed by atoms with Gasteiger partial charge in [-0.3, -0.25) is 0 Å². The van der Waals surface area contributed by atoms with E-state index in [0.717, 1.165) is 47.3 Å². The molecule has 1 aromatic carbocycles. The fraction of sp³-hybridized carbons (Fsp3) is 0.538. The lowest BCUT2D eigenvalue weighted by atomic mass is 10.1. The monoisotopic (exact) mass is 316 g/mol. The second-order valence-corrected chi connectivity index (χ2v) is 5.83. The average Bonchev–Trinajstić information content (AvgIpc) is 2.78. The number of hydrogen-bond donors (Lipinski definition) is 1. The van der Waals surface area contributed by atoms with Crippen molar-refractivity contribution in [2.24, 2.45) is 5.92 Å². The maximum Gasteiger partial charge on any atom is 0.0640 e. The van der Waals surface area contributed by atoms with E-state index in [9.17, 15) is 0 Å². The summed E-state index contributed by atoms with van der Waals surface area (Å²) >= 11 is 9.75. The highest BCUT2D eigenvalue weighted by Gasteiger charge is 2.23. The molecule has 1 fully saturated rings. The molecule has 1 aliphatic rings. The van der Waals surface area contributed by atoms with Crippen molar-refractivity contribution in [3.63, 3.8) is 0 Å². The third kappa shape index (κ3) is 3.36. The molecular formula is C13H18BrClN2. The van der Waals surface area contributed by atoms with Gasteiger partial charge in [-0.25, -0.2) is 0 Å². The molecule has 1 unspecified atom stereocenters. The molecule has 17 heavy (non-hydrogen) atoms. The first kappa shape index (κ1) is 13.2. The van der Waals surface area contributed by atoms with Gasteiger partial charge < -0.3 is 10.2 Å². The molecule has 0 aromatic heterocycles. The molecule has 1 saturated heterocycles. The number of hydrogen-bond acceptors (Lipinski definition) is 2. The van der Waals surface area contributed by atoms with Crippen LogP contribution >= 0.6 is 27.5 Å². The van der Waals surface area contributed by atoms with Crippen LogP contribution in [0.4, 0.5) is 5.69 Å². The van der Waals surface area contributed by atoms with Crippen LogP contribution in [0.5, 0.6) is 0 Å². The summed E-state index contributed by atoms with van der Waals surface area (Å²) < 4.78 is 1.09. The zero-order valence-corrected chi connectivity index (χ0v) is 12.4. The molecule has 0 amide bonds. The number of halogens is 2. The highest BCUT2D eigenvalue weighted by molar-refractivity contribution is 9.10. The van der Waals surface area contributed by atoms with Crippen molar-refractivity contribution in [2.45, 2.75) is 13.3 Å². The Balaban J connectivity index is 2.02. The third-order valence-electron chi connectivity index (χ3n) is 3.22. The molecule has 0 saturated carbocycles. The molecule has 4 heteroatoms. The van der Waals surface area contributed by atoms with Crippen molar-refractivity contribution < 1.29 is 0 Å². The van der Waals surface area contributed by atoms with Crippen molar-refractivity contribution in [1.29, 1.82) is 0 Å². The van der Waals surface area contributed by atoms with Crippen LogP contribution in [-0.4, -0.2) is 26.2 Å². The summed E-state index contributed by atoms with van der Waals surface area (Å²) in [5, 5.41) is 4.26. The van der Waals surface area contributed by atoms with Crippen LogP contribution < -0.4 is 10.2 Å². The first-order valence-electron chi connectivity index (χ1n) is 6.11. The van der Waals surface area contributed by atoms with Crippen molar-refractivity contribution in [3.8, 4) is 0 Å². The van der Waals surface area contributed by atoms with Crippen molar-refractivity contribution in [2.75, 3.05) is 31.1 Å². The van der Waals surface area contributed by atoms with Gasteiger partial charge in [0.1, 0.15) is 0 Å². The molecule has 0 bridgehead atoms. The molecule has 1 atom stereocenters. The molecule has 0 spiro atoms. The Bertz CT molecular complexity index is 384. The molecule has 1 heterocycles. The number of nitrogens with one attached hydrogen (secondary N) is 1. The summed E-state index contributed by atoms with van der Waals surface area (Å²) in [7, 11) is 0. The van der Waals surface area contributed by atoms with Gasteiger partial charge >= 0.3 is 0 Å². The predicted molar refractivity (Wildman–Crippen MR) is 78.0 cm³/mol. The van der Waals surface area contributed by atoms with Crippen LogP contribution in [0.15, 0.2) is 22.7 Å². The van der Waals surface area contributed by atoms with Gasteiger partial charge in [-0.15, -0.1) is 0 Å². The smallest absolute Gasteiger partial charge is 0.0640 e. The highest BCUT2D eigenvalue weighted by atomic mass is 79.9. The fourth-order valence-corrected chi connectivity index (χ4v) is 2.88. The van der Waals surface area contributed by atoms with Gasteiger partial charge in [0.25, 0.3) is 0 Å². The molecule has 94 valence electrons. The molecule has 0 radical (unpaired) electrons. The van der Waals surface area contributed by atoms with E-state index in [-0.39, 0.29) is 0 Å². The molecule has 0 aliphatic carbocycles. The van der Waals surface area contributed by atoms with E-state index in [0.29, 0.717) is 0 Å². The summed E-state index contributed by atoms with van der Waals surface area (Å²) in [5.41, 5.74) is 1.15. The lowest BCUT2D eigenvalue weighted by Crippen LogP contribution is -2.26. The van der Waals surface area contributed by atoms with Gasteiger partial charge in [0.2, 0.25) is 0 Å². The average molecular weight is 318 g/mol. The van der Waals surface area contributed by atoms with Crippen LogP contribution in [0.25, 0.3) is 0 Å². The van der Waals surface area contributed by atoms with Crippen LogP contribution in [0.3, 0.4) is 0 Å². The van der Waals surface area contributed by atoms with Crippen LogP contribution in [0, 0.1) is 5.92 Å². The summed E-state index contributed by atoms with van der Waals surface area (Å²) in [6.45, 7) is 6.51. The molecule has 2 nitrogen and oxygen atoms in total. The number of rotatable bonds is 4. The quantitative estimate of drug-likeness (QED) is 0.914. The maximum absolute atomic E-state index is 6.25. The van der Waals surface area contributed by atoms with E-state index in [1.54, 1.807) is 0 Å². The zero-order chi connectivity index (χ0) is 12.3. The normalized spacial score (nSPS) is 19.9. The first-order chi connectivity index (χ1) is 8.20. The minimum absolute atomic E-state index is 0.741. The van der Waals surface area contributed by atoms with Crippen molar-refractivity contribution in [3.05, 3.63) is 27.7 Å². The lowest BCUT2D eigenvalue weighted by molar-refractivity contribution is 0.528. The van der Waals surface area contributed by atoms with E-state index < -0.39 is 0 Å². The molecular weight excluding hydrogens is 300 g/mol.